The van der Waals surface area contributed by atoms with Gasteiger partial charge in [0, 0.05) is 40.9 Å². The molecule has 0 aliphatic carbocycles. The summed E-state index contributed by atoms with van der Waals surface area (Å²) in [5.41, 5.74) is 3.20. The lowest BCUT2D eigenvalue weighted by Crippen LogP contribution is -1.88. The van der Waals surface area contributed by atoms with Crippen LogP contribution >= 0.6 is 0 Å². The Hall–Kier alpha value is -3.27. The van der Waals surface area contributed by atoms with Crippen molar-refractivity contribution in [2.75, 3.05) is 0 Å². The normalized spacial score (nSPS) is 11.5. The largest absolute Gasteiger partial charge is 0.454 e. The van der Waals surface area contributed by atoms with Crippen LogP contribution in [0.4, 0.5) is 0 Å². The molecule has 0 N–H and O–H groups in total. The minimum Gasteiger partial charge on any atom is -0.454 e. The summed E-state index contributed by atoms with van der Waals surface area (Å²) in [6.07, 6.45) is 7.21. The van der Waals surface area contributed by atoms with Gasteiger partial charge in [-0.1, -0.05) is 18.2 Å². The van der Waals surface area contributed by atoms with Gasteiger partial charge in [-0.05, 0) is 29.7 Å². The van der Waals surface area contributed by atoms with Gasteiger partial charge >= 0.3 is 0 Å². The Kier molecular flexibility index (Phi) is 2.46. The van der Waals surface area contributed by atoms with E-state index < -0.39 is 0 Å². The number of rotatable bonds is 1. The molecule has 0 radical (unpaired) electrons. The summed E-state index contributed by atoms with van der Waals surface area (Å²) < 4.78 is 6.04. The van der Waals surface area contributed by atoms with Crippen molar-refractivity contribution < 1.29 is 4.42 Å². The van der Waals surface area contributed by atoms with Gasteiger partial charge in [0.05, 0.1) is 5.69 Å². The van der Waals surface area contributed by atoms with Gasteiger partial charge in [-0.2, -0.15) is 0 Å². The molecular formula is C19H11N3O. The summed E-state index contributed by atoms with van der Waals surface area (Å²) in [4.78, 5) is 13.2. The van der Waals surface area contributed by atoms with Crippen LogP contribution in [-0.4, -0.2) is 15.0 Å². The lowest BCUT2D eigenvalue weighted by Gasteiger charge is -2.02. The smallest absolute Gasteiger partial charge is 0.163 e. The van der Waals surface area contributed by atoms with Crippen molar-refractivity contribution in [2.24, 2.45) is 0 Å². The van der Waals surface area contributed by atoms with Crippen LogP contribution in [0.5, 0.6) is 0 Å². The number of nitrogens with zero attached hydrogens (tertiary/aromatic N) is 3. The Balaban J connectivity index is 1.84. The van der Waals surface area contributed by atoms with E-state index in [2.05, 4.69) is 21.0 Å². The third-order valence-corrected chi connectivity index (χ3v) is 4.06. The number of hydrogen-bond donors (Lipinski definition) is 0. The SMILES string of the molecule is c1ccc2c(c1)oc1c(-c3cc4ccncc4cn3)nccc12. The first kappa shape index (κ1) is 12.3. The zero-order chi connectivity index (χ0) is 15.2. The first-order chi connectivity index (χ1) is 11.4. The number of benzene rings is 1. The fourth-order valence-corrected chi connectivity index (χ4v) is 2.94. The van der Waals surface area contributed by atoms with E-state index in [0.717, 1.165) is 44.1 Å². The molecule has 0 atom stereocenters. The second-order valence-electron chi connectivity index (χ2n) is 5.43. The summed E-state index contributed by atoms with van der Waals surface area (Å²) >= 11 is 0. The van der Waals surface area contributed by atoms with E-state index in [1.54, 1.807) is 18.6 Å². The molecule has 0 spiro atoms. The maximum Gasteiger partial charge on any atom is 0.163 e. The average molecular weight is 297 g/mol. The fraction of sp³-hybridized carbons (Fsp3) is 0. The summed E-state index contributed by atoms with van der Waals surface area (Å²) in [6, 6.07) is 14.0. The van der Waals surface area contributed by atoms with Crippen LogP contribution in [0.15, 0.2) is 71.7 Å². The summed E-state index contributed by atoms with van der Waals surface area (Å²) in [6.45, 7) is 0. The Morgan fingerprint density at radius 2 is 1.74 bits per heavy atom. The van der Waals surface area contributed by atoms with Gasteiger partial charge in [0.2, 0.25) is 0 Å². The second-order valence-corrected chi connectivity index (χ2v) is 5.43. The van der Waals surface area contributed by atoms with Crippen LogP contribution < -0.4 is 0 Å². The third-order valence-electron chi connectivity index (χ3n) is 4.06. The topological polar surface area (TPSA) is 51.8 Å². The van der Waals surface area contributed by atoms with Crippen LogP contribution in [-0.2, 0) is 0 Å². The van der Waals surface area contributed by atoms with E-state index in [4.69, 9.17) is 4.42 Å². The monoisotopic (exact) mass is 297 g/mol. The quantitative estimate of drug-likeness (QED) is 0.454. The predicted molar refractivity (Wildman–Crippen MR) is 90.0 cm³/mol. The van der Waals surface area contributed by atoms with Crippen LogP contribution in [0, 0.1) is 0 Å². The van der Waals surface area contributed by atoms with Gasteiger partial charge < -0.3 is 4.42 Å². The molecule has 0 aliphatic heterocycles. The fourth-order valence-electron chi connectivity index (χ4n) is 2.94. The van der Waals surface area contributed by atoms with Gasteiger partial charge in [-0.3, -0.25) is 15.0 Å². The van der Waals surface area contributed by atoms with Crippen molar-refractivity contribution in [2.45, 2.75) is 0 Å². The van der Waals surface area contributed by atoms with Crippen molar-refractivity contribution >= 4 is 32.7 Å². The molecule has 0 amide bonds. The van der Waals surface area contributed by atoms with Crippen molar-refractivity contribution in [1.29, 1.82) is 0 Å². The van der Waals surface area contributed by atoms with Gasteiger partial charge in [-0.15, -0.1) is 0 Å². The Labute approximate surface area is 131 Å². The Morgan fingerprint density at radius 3 is 2.74 bits per heavy atom. The zero-order valence-electron chi connectivity index (χ0n) is 12.1. The molecule has 4 heteroatoms. The standard InChI is InChI=1S/C19H11N3O/c1-2-4-17-14(3-1)15-6-8-21-18(19(15)23-17)16-9-12-5-7-20-10-13(12)11-22-16/h1-11H. The highest BCUT2D eigenvalue weighted by Crippen LogP contribution is 2.34. The number of pyridine rings is 3. The number of furan rings is 1. The van der Waals surface area contributed by atoms with Gasteiger partial charge in [0.15, 0.2) is 5.58 Å². The van der Waals surface area contributed by atoms with Crippen molar-refractivity contribution in [1.82, 2.24) is 15.0 Å². The van der Waals surface area contributed by atoms with Gasteiger partial charge in [0.25, 0.3) is 0 Å². The molecule has 0 fully saturated rings. The van der Waals surface area contributed by atoms with E-state index in [1.807, 2.05) is 42.6 Å². The highest BCUT2D eigenvalue weighted by atomic mass is 16.3. The molecule has 5 rings (SSSR count). The third kappa shape index (κ3) is 1.82. The van der Waals surface area contributed by atoms with Crippen molar-refractivity contribution in [3.8, 4) is 11.4 Å². The van der Waals surface area contributed by atoms with E-state index >= 15 is 0 Å². The molecule has 4 aromatic heterocycles. The van der Waals surface area contributed by atoms with Crippen LogP contribution in [0.1, 0.15) is 0 Å². The van der Waals surface area contributed by atoms with Crippen LogP contribution in [0.2, 0.25) is 0 Å². The minimum absolute atomic E-state index is 0.761. The Bertz CT molecular complexity index is 1180. The molecular weight excluding hydrogens is 286 g/mol. The maximum atomic E-state index is 6.04. The highest BCUT2D eigenvalue weighted by molar-refractivity contribution is 6.08. The number of para-hydroxylation sites is 1. The van der Waals surface area contributed by atoms with E-state index in [0.29, 0.717) is 0 Å². The first-order valence-corrected chi connectivity index (χ1v) is 7.36. The van der Waals surface area contributed by atoms with Crippen LogP contribution in [0.25, 0.3) is 44.1 Å². The van der Waals surface area contributed by atoms with Crippen molar-refractivity contribution in [3.63, 3.8) is 0 Å². The molecule has 0 bridgehead atoms. The molecule has 1 aromatic carbocycles. The predicted octanol–water partition coefficient (Wildman–Crippen LogP) is 4.59. The summed E-state index contributed by atoms with van der Waals surface area (Å²) in [7, 11) is 0. The van der Waals surface area contributed by atoms with Gasteiger partial charge in [0.1, 0.15) is 11.3 Å². The second kappa shape index (κ2) is 4.61. The lowest BCUT2D eigenvalue weighted by atomic mass is 10.1. The molecule has 4 nitrogen and oxygen atoms in total. The molecule has 23 heavy (non-hydrogen) atoms. The summed E-state index contributed by atoms with van der Waals surface area (Å²) in [5, 5.41) is 4.24. The minimum atomic E-state index is 0.761. The van der Waals surface area contributed by atoms with E-state index in [-0.39, 0.29) is 0 Å². The molecule has 0 unspecified atom stereocenters. The van der Waals surface area contributed by atoms with Gasteiger partial charge in [-0.25, -0.2) is 0 Å². The number of fused-ring (bicyclic) bond motifs is 4. The molecule has 0 saturated heterocycles. The molecule has 5 aromatic rings. The van der Waals surface area contributed by atoms with E-state index in [1.165, 1.54) is 0 Å². The molecule has 0 saturated carbocycles. The zero-order valence-corrected chi connectivity index (χ0v) is 12.1. The number of aromatic nitrogens is 3. The molecule has 0 aliphatic rings. The number of hydrogen-bond acceptors (Lipinski definition) is 4. The lowest BCUT2D eigenvalue weighted by molar-refractivity contribution is 0.668. The van der Waals surface area contributed by atoms with E-state index in [9.17, 15) is 0 Å². The average Bonchev–Trinajstić information content (AvgIpc) is 3.00. The van der Waals surface area contributed by atoms with Crippen LogP contribution in [0.3, 0.4) is 0 Å². The molecule has 4 heterocycles. The Morgan fingerprint density at radius 1 is 0.783 bits per heavy atom. The molecule has 108 valence electrons. The first-order valence-electron chi connectivity index (χ1n) is 7.36. The maximum absolute atomic E-state index is 6.04. The summed E-state index contributed by atoms with van der Waals surface area (Å²) in [5.74, 6) is 0. The highest BCUT2D eigenvalue weighted by Gasteiger charge is 2.14. The van der Waals surface area contributed by atoms with Crippen molar-refractivity contribution in [3.05, 3.63) is 67.3 Å².